The van der Waals surface area contributed by atoms with Gasteiger partial charge in [0.05, 0.1) is 0 Å². The van der Waals surface area contributed by atoms with E-state index in [-0.39, 0.29) is 0 Å². The Morgan fingerprint density at radius 3 is 2.00 bits per heavy atom. The zero-order valence-electron chi connectivity index (χ0n) is 12.5. The van der Waals surface area contributed by atoms with Gasteiger partial charge in [-0.1, -0.05) is 65.2 Å². The molecule has 1 fully saturated rings. The number of hydrogen-bond donors (Lipinski definition) is 2. The van der Waals surface area contributed by atoms with E-state index in [0.717, 1.165) is 11.7 Å². The van der Waals surface area contributed by atoms with Gasteiger partial charge in [0.25, 0.3) is 0 Å². The van der Waals surface area contributed by atoms with Crippen LogP contribution in [-0.4, -0.2) is 11.0 Å². The summed E-state index contributed by atoms with van der Waals surface area (Å²) in [7, 11) is 0. The predicted molar refractivity (Wildman–Crippen MR) is 92.3 cm³/mol. The lowest BCUT2D eigenvalue weighted by molar-refractivity contribution is 0.363. The maximum atomic E-state index is 4.54. The van der Waals surface area contributed by atoms with Crippen LogP contribution < -0.4 is 0 Å². The van der Waals surface area contributed by atoms with Gasteiger partial charge in [0.1, 0.15) is 0 Å². The molecule has 0 aliphatic heterocycles. The molecule has 0 amide bonds. The van der Waals surface area contributed by atoms with Gasteiger partial charge in [0, 0.05) is 5.25 Å². The van der Waals surface area contributed by atoms with E-state index < -0.39 is 0 Å². The van der Waals surface area contributed by atoms with Crippen LogP contribution in [0.4, 0.5) is 0 Å². The average Bonchev–Trinajstić information content (AvgIpc) is 2.40. The third-order valence-electron chi connectivity index (χ3n) is 3.91. The van der Waals surface area contributed by atoms with Crippen molar-refractivity contribution in [2.75, 3.05) is 5.75 Å². The van der Waals surface area contributed by atoms with E-state index in [1.54, 1.807) is 0 Å². The summed E-state index contributed by atoms with van der Waals surface area (Å²) in [5, 5.41) is 0.712. The first-order chi connectivity index (χ1) is 8.76. The molecule has 2 atom stereocenters. The second kappa shape index (κ2) is 14.1. The molecule has 1 aliphatic rings. The maximum Gasteiger partial charge on any atom is 0.00449 e. The Labute approximate surface area is 127 Å². The van der Waals surface area contributed by atoms with E-state index >= 15 is 0 Å². The summed E-state index contributed by atoms with van der Waals surface area (Å²) in [4.78, 5) is 0. The van der Waals surface area contributed by atoms with Crippen molar-refractivity contribution in [3.8, 4) is 0 Å². The molecule has 2 unspecified atom stereocenters. The molecule has 0 spiro atoms. The maximum absolute atomic E-state index is 4.54. The highest BCUT2D eigenvalue weighted by molar-refractivity contribution is 7.81. The van der Waals surface area contributed by atoms with E-state index in [0.29, 0.717) is 5.25 Å². The molecule has 0 bridgehead atoms. The summed E-state index contributed by atoms with van der Waals surface area (Å²) in [5.74, 6) is 1.98. The van der Waals surface area contributed by atoms with Crippen LogP contribution in [0.3, 0.4) is 0 Å². The molecule has 0 aromatic carbocycles. The Hall–Kier alpha value is 0.700. The van der Waals surface area contributed by atoms with E-state index in [9.17, 15) is 0 Å². The van der Waals surface area contributed by atoms with Crippen molar-refractivity contribution < 1.29 is 0 Å². The highest BCUT2D eigenvalue weighted by Crippen LogP contribution is 2.30. The summed E-state index contributed by atoms with van der Waals surface area (Å²) in [6, 6.07) is 0. The van der Waals surface area contributed by atoms with Gasteiger partial charge in [-0.2, -0.15) is 25.3 Å². The lowest BCUT2D eigenvalue weighted by Crippen LogP contribution is -2.18. The van der Waals surface area contributed by atoms with Gasteiger partial charge < -0.3 is 0 Å². The number of thiol groups is 2. The average molecular weight is 291 g/mol. The summed E-state index contributed by atoms with van der Waals surface area (Å²) in [6.45, 7) is 4.53. The van der Waals surface area contributed by atoms with Crippen LogP contribution in [0.2, 0.25) is 0 Å². The van der Waals surface area contributed by atoms with Crippen LogP contribution in [0.25, 0.3) is 0 Å². The Morgan fingerprint density at radius 2 is 1.50 bits per heavy atom. The Kier molecular flexibility index (Phi) is 14.7. The van der Waals surface area contributed by atoms with E-state index in [1.807, 2.05) is 0 Å². The molecular formula is C16H34S2. The first kappa shape index (κ1) is 18.7. The van der Waals surface area contributed by atoms with Crippen LogP contribution in [0.1, 0.15) is 84.5 Å². The minimum absolute atomic E-state index is 0.712. The number of rotatable bonds is 7. The summed E-state index contributed by atoms with van der Waals surface area (Å²) >= 11 is 8.68. The van der Waals surface area contributed by atoms with Gasteiger partial charge in [0.2, 0.25) is 0 Å². The van der Waals surface area contributed by atoms with Crippen molar-refractivity contribution in [3.63, 3.8) is 0 Å². The van der Waals surface area contributed by atoms with Crippen LogP contribution in [-0.2, 0) is 0 Å². The molecule has 1 rings (SSSR count). The Balaban J connectivity index is 0.000000321. The SMILES string of the molecule is CCC1CCCCC1S.CCCCCCCCS. The molecule has 2 heteroatoms. The monoisotopic (exact) mass is 290 g/mol. The largest absolute Gasteiger partial charge is 0.179 e. The van der Waals surface area contributed by atoms with Gasteiger partial charge in [-0.15, -0.1) is 0 Å². The fraction of sp³-hybridized carbons (Fsp3) is 1.00. The molecule has 0 radical (unpaired) electrons. The van der Waals surface area contributed by atoms with Crippen molar-refractivity contribution in [3.05, 3.63) is 0 Å². The number of unbranched alkanes of at least 4 members (excludes halogenated alkanes) is 5. The van der Waals surface area contributed by atoms with E-state index in [1.165, 1.54) is 70.6 Å². The Morgan fingerprint density at radius 1 is 0.889 bits per heavy atom. The van der Waals surface area contributed by atoms with Gasteiger partial charge in [-0.3, -0.25) is 0 Å². The molecular weight excluding hydrogens is 256 g/mol. The van der Waals surface area contributed by atoms with Gasteiger partial charge >= 0.3 is 0 Å². The first-order valence-electron chi connectivity index (χ1n) is 8.05. The summed E-state index contributed by atoms with van der Waals surface area (Å²) in [5.41, 5.74) is 0. The van der Waals surface area contributed by atoms with Crippen LogP contribution >= 0.6 is 25.3 Å². The molecule has 110 valence electrons. The Bertz CT molecular complexity index is 153. The predicted octanol–water partition coefficient (Wildman–Crippen LogP) is 6.16. The van der Waals surface area contributed by atoms with Gasteiger partial charge in [-0.05, 0) is 30.9 Å². The van der Waals surface area contributed by atoms with E-state index in [2.05, 4.69) is 39.1 Å². The third kappa shape index (κ3) is 10.6. The quantitative estimate of drug-likeness (QED) is 0.407. The third-order valence-corrected chi connectivity index (χ3v) is 4.90. The normalized spacial score (nSPS) is 23.3. The zero-order chi connectivity index (χ0) is 13.6. The topological polar surface area (TPSA) is 0 Å². The van der Waals surface area contributed by atoms with Gasteiger partial charge in [-0.25, -0.2) is 0 Å². The van der Waals surface area contributed by atoms with Crippen molar-refractivity contribution in [1.29, 1.82) is 0 Å². The first-order valence-corrected chi connectivity index (χ1v) is 9.20. The molecule has 0 saturated heterocycles. The fourth-order valence-corrected chi connectivity index (χ4v) is 3.32. The van der Waals surface area contributed by atoms with Crippen LogP contribution in [0, 0.1) is 5.92 Å². The standard InChI is InChI=1S/C8H16S.C8H18S/c1-2-7-5-3-4-6-8(7)9;1-2-3-4-5-6-7-8-9/h7-9H,2-6H2,1H3;9H,2-8H2,1H3. The summed E-state index contributed by atoms with van der Waals surface area (Å²) < 4.78 is 0. The molecule has 0 aromatic rings. The van der Waals surface area contributed by atoms with E-state index in [4.69, 9.17) is 0 Å². The second-order valence-electron chi connectivity index (χ2n) is 5.51. The molecule has 1 aliphatic carbocycles. The lowest BCUT2D eigenvalue weighted by Gasteiger charge is -2.26. The van der Waals surface area contributed by atoms with Crippen molar-refractivity contribution in [2.24, 2.45) is 5.92 Å². The minimum Gasteiger partial charge on any atom is -0.179 e. The molecule has 0 nitrogen and oxygen atoms in total. The molecule has 1 saturated carbocycles. The van der Waals surface area contributed by atoms with Crippen molar-refractivity contribution in [1.82, 2.24) is 0 Å². The molecule has 0 N–H and O–H groups in total. The highest BCUT2D eigenvalue weighted by Gasteiger charge is 2.19. The van der Waals surface area contributed by atoms with Crippen LogP contribution in [0.5, 0.6) is 0 Å². The molecule has 18 heavy (non-hydrogen) atoms. The molecule has 0 aromatic heterocycles. The fourth-order valence-electron chi connectivity index (χ4n) is 2.56. The molecule has 0 heterocycles. The minimum atomic E-state index is 0.712. The van der Waals surface area contributed by atoms with Crippen molar-refractivity contribution >= 4 is 25.3 Å². The van der Waals surface area contributed by atoms with Crippen molar-refractivity contribution in [2.45, 2.75) is 89.7 Å². The number of hydrogen-bond acceptors (Lipinski definition) is 2. The smallest absolute Gasteiger partial charge is 0.00449 e. The van der Waals surface area contributed by atoms with Gasteiger partial charge in [0.15, 0.2) is 0 Å². The van der Waals surface area contributed by atoms with Crippen LogP contribution in [0.15, 0.2) is 0 Å². The second-order valence-corrected chi connectivity index (χ2v) is 6.62. The lowest BCUT2D eigenvalue weighted by atomic mass is 9.87. The zero-order valence-corrected chi connectivity index (χ0v) is 14.3. The highest BCUT2D eigenvalue weighted by atomic mass is 32.1. The summed E-state index contributed by atoms with van der Waals surface area (Å²) in [6.07, 6.45) is 15.2.